The molecule has 0 aliphatic heterocycles. The molecule has 2 aromatic rings. The largest absolute Gasteiger partial charge is 0.260 e. The predicted molar refractivity (Wildman–Crippen MR) is 69.3 cm³/mol. The maximum atomic E-state index is 13.6. The first-order valence-corrected chi connectivity index (χ1v) is 7.38. The van der Waals surface area contributed by atoms with E-state index in [-0.39, 0.29) is 0 Å². The van der Waals surface area contributed by atoms with Crippen LogP contribution in [0.1, 0.15) is 18.7 Å². The van der Waals surface area contributed by atoms with Gasteiger partial charge in [-0.25, -0.2) is 26.3 Å². The van der Waals surface area contributed by atoms with Gasteiger partial charge >= 0.3 is 0 Å². The molecule has 1 aromatic heterocycles. The molecule has 0 saturated carbocycles. The van der Waals surface area contributed by atoms with Crippen LogP contribution in [0, 0.1) is 17.5 Å². The monoisotopic (exact) mass is 316 g/mol. The Labute approximate surface area is 119 Å². The minimum absolute atomic E-state index is 0.407. The standard InChI is InChI=1S/C13H11F3N2O2S/c1-8(10-4-2-3-7-17-10)18-21(19,20)11-6-5-9(14)12(15)13(11)16/h2-8,18H,1H3. The zero-order valence-corrected chi connectivity index (χ0v) is 11.7. The topological polar surface area (TPSA) is 59.1 Å². The van der Waals surface area contributed by atoms with Crippen LogP contribution in [0.15, 0.2) is 41.4 Å². The van der Waals surface area contributed by atoms with Crippen molar-refractivity contribution in [3.05, 3.63) is 59.7 Å². The van der Waals surface area contributed by atoms with Crippen LogP contribution in [0.2, 0.25) is 0 Å². The van der Waals surface area contributed by atoms with Crippen molar-refractivity contribution >= 4 is 10.0 Å². The highest BCUT2D eigenvalue weighted by Gasteiger charge is 2.26. The molecule has 21 heavy (non-hydrogen) atoms. The van der Waals surface area contributed by atoms with Crippen molar-refractivity contribution < 1.29 is 21.6 Å². The molecule has 2 rings (SSSR count). The molecule has 0 amide bonds. The third-order valence-corrected chi connectivity index (χ3v) is 4.31. The lowest BCUT2D eigenvalue weighted by Crippen LogP contribution is -2.28. The van der Waals surface area contributed by atoms with Crippen LogP contribution < -0.4 is 4.72 Å². The van der Waals surface area contributed by atoms with Gasteiger partial charge in [-0.15, -0.1) is 0 Å². The van der Waals surface area contributed by atoms with Crippen molar-refractivity contribution in [3.8, 4) is 0 Å². The summed E-state index contributed by atoms with van der Waals surface area (Å²) in [6.07, 6.45) is 1.47. The van der Waals surface area contributed by atoms with Crippen LogP contribution >= 0.6 is 0 Å². The molecule has 4 nitrogen and oxygen atoms in total. The Balaban J connectivity index is 2.33. The first kappa shape index (κ1) is 15.5. The average molecular weight is 316 g/mol. The summed E-state index contributed by atoms with van der Waals surface area (Å²) in [5.41, 5.74) is 0.407. The molecule has 8 heteroatoms. The Hall–Kier alpha value is -1.93. The Morgan fingerprint density at radius 2 is 1.81 bits per heavy atom. The number of rotatable bonds is 4. The van der Waals surface area contributed by atoms with Crippen LogP contribution in [-0.2, 0) is 10.0 Å². The molecule has 1 aromatic carbocycles. The molecular formula is C13H11F3N2O2S. The average Bonchev–Trinajstić information content (AvgIpc) is 2.45. The number of hydrogen-bond acceptors (Lipinski definition) is 3. The molecule has 1 unspecified atom stereocenters. The fourth-order valence-corrected chi connectivity index (χ4v) is 2.99. The SMILES string of the molecule is CC(NS(=O)(=O)c1ccc(F)c(F)c1F)c1ccccn1. The highest BCUT2D eigenvalue weighted by molar-refractivity contribution is 7.89. The Morgan fingerprint density at radius 1 is 1.10 bits per heavy atom. The van der Waals surface area contributed by atoms with Gasteiger partial charge in [0.2, 0.25) is 10.0 Å². The summed E-state index contributed by atoms with van der Waals surface area (Å²) in [6, 6.07) is 5.35. The van der Waals surface area contributed by atoms with Crippen molar-refractivity contribution in [3.63, 3.8) is 0 Å². The minimum atomic E-state index is -4.35. The van der Waals surface area contributed by atoms with Gasteiger partial charge < -0.3 is 0 Å². The lowest BCUT2D eigenvalue weighted by atomic mass is 10.2. The summed E-state index contributed by atoms with van der Waals surface area (Å²) in [7, 11) is -4.35. The van der Waals surface area contributed by atoms with Gasteiger partial charge in [-0.3, -0.25) is 4.98 Å². The lowest BCUT2D eigenvalue weighted by molar-refractivity contribution is 0.431. The fraction of sp³-hybridized carbons (Fsp3) is 0.154. The first-order chi connectivity index (χ1) is 9.83. The van der Waals surface area contributed by atoms with Crippen molar-refractivity contribution in [2.75, 3.05) is 0 Å². The number of hydrogen-bond donors (Lipinski definition) is 1. The normalized spacial score (nSPS) is 13.1. The predicted octanol–water partition coefficient (Wildman–Crippen LogP) is 2.54. The number of aromatic nitrogens is 1. The van der Waals surface area contributed by atoms with E-state index in [4.69, 9.17) is 0 Å². The second-order valence-electron chi connectivity index (χ2n) is 4.27. The van der Waals surface area contributed by atoms with E-state index >= 15 is 0 Å². The van der Waals surface area contributed by atoms with E-state index in [0.717, 1.165) is 0 Å². The maximum absolute atomic E-state index is 13.6. The van der Waals surface area contributed by atoms with Gasteiger partial charge in [0.15, 0.2) is 17.5 Å². The van der Waals surface area contributed by atoms with Gasteiger partial charge in [0.1, 0.15) is 4.90 Å². The van der Waals surface area contributed by atoms with Crippen LogP contribution in [0.5, 0.6) is 0 Å². The van der Waals surface area contributed by atoms with Crippen molar-refractivity contribution in [2.45, 2.75) is 17.9 Å². The third-order valence-electron chi connectivity index (χ3n) is 2.75. The third kappa shape index (κ3) is 3.22. The lowest BCUT2D eigenvalue weighted by Gasteiger charge is -2.14. The number of nitrogens with zero attached hydrogens (tertiary/aromatic N) is 1. The molecule has 0 saturated heterocycles. The van der Waals surface area contributed by atoms with Crippen LogP contribution in [0.4, 0.5) is 13.2 Å². The van der Waals surface area contributed by atoms with Gasteiger partial charge in [-0.05, 0) is 31.2 Å². The van der Waals surface area contributed by atoms with E-state index in [1.54, 1.807) is 18.2 Å². The number of sulfonamides is 1. The molecule has 1 N–H and O–H groups in total. The van der Waals surface area contributed by atoms with Crippen molar-refractivity contribution in [1.82, 2.24) is 9.71 Å². The van der Waals surface area contributed by atoms with E-state index < -0.39 is 38.4 Å². The second-order valence-corrected chi connectivity index (χ2v) is 5.95. The van der Waals surface area contributed by atoms with Crippen molar-refractivity contribution in [1.29, 1.82) is 0 Å². The van der Waals surface area contributed by atoms with E-state index in [1.807, 2.05) is 0 Å². The molecule has 112 valence electrons. The molecular weight excluding hydrogens is 305 g/mol. The Kier molecular flexibility index (Phi) is 4.29. The van der Waals surface area contributed by atoms with E-state index in [1.165, 1.54) is 13.1 Å². The van der Waals surface area contributed by atoms with Gasteiger partial charge in [0.25, 0.3) is 0 Å². The molecule has 0 aliphatic carbocycles. The highest BCUT2D eigenvalue weighted by Crippen LogP contribution is 2.21. The zero-order chi connectivity index (χ0) is 15.6. The first-order valence-electron chi connectivity index (χ1n) is 5.89. The number of nitrogens with one attached hydrogen (secondary N) is 1. The van der Waals surface area contributed by atoms with Gasteiger partial charge in [0.05, 0.1) is 11.7 Å². The molecule has 0 aliphatic rings. The van der Waals surface area contributed by atoms with Crippen molar-refractivity contribution in [2.24, 2.45) is 0 Å². The molecule has 0 radical (unpaired) electrons. The number of halogens is 3. The summed E-state index contributed by atoms with van der Waals surface area (Å²) in [4.78, 5) is 3.00. The van der Waals surface area contributed by atoms with Gasteiger partial charge in [-0.2, -0.15) is 0 Å². The molecule has 1 heterocycles. The molecule has 0 spiro atoms. The molecule has 1 atom stereocenters. The summed E-state index contributed by atoms with van der Waals surface area (Å²) < 4.78 is 65.7. The Bertz CT molecular complexity index is 752. The zero-order valence-electron chi connectivity index (χ0n) is 10.8. The molecule has 0 bridgehead atoms. The van der Waals surface area contributed by atoms with Gasteiger partial charge in [-0.1, -0.05) is 6.07 Å². The van der Waals surface area contributed by atoms with Crippen LogP contribution in [0.3, 0.4) is 0 Å². The smallest absolute Gasteiger partial charge is 0.244 e. The quantitative estimate of drug-likeness (QED) is 0.882. The number of pyridine rings is 1. The summed E-state index contributed by atoms with van der Waals surface area (Å²) in [5.74, 6) is -5.04. The van der Waals surface area contributed by atoms with Gasteiger partial charge in [0, 0.05) is 6.20 Å². The minimum Gasteiger partial charge on any atom is -0.260 e. The van der Waals surface area contributed by atoms with E-state index in [9.17, 15) is 21.6 Å². The second kappa shape index (κ2) is 5.82. The van der Waals surface area contributed by atoms with Crippen LogP contribution in [0.25, 0.3) is 0 Å². The van der Waals surface area contributed by atoms with E-state index in [2.05, 4.69) is 9.71 Å². The molecule has 0 fully saturated rings. The maximum Gasteiger partial charge on any atom is 0.244 e. The number of benzene rings is 1. The fourth-order valence-electron chi connectivity index (χ4n) is 1.70. The summed E-state index contributed by atoms with van der Waals surface area (Å²) in [5, 5.41) is 0. The summed E-state index contributed by atoms with van der Waals surface area (Å²) >= 11 is 0. The summed E-state index contributed by atoms with van der Waals surface area (Å²) in [6.45, 7) is 1.50. The Morgan fingerprint density at radius 3 is 2.43 bits per heavy atom. The van der Waals surface area contributed by atoms with E-state index in [0.29, 0.717) is 17.8 Å². The highest BCUT2D eigenvalue weighted by atomic mass is 32.2. The van der Waals surface area contributed by atoms with Crippen LogP contribution in [-0.4, -0.2) is 13.4 Å².